The van der Waals surface area contributed by atoms with Gasteiger partial charge in [-0.1, -0.05) is 26.0 Å². The maximum atomic E-state index is 13.2. The third-order valence-electron chi connectivity index (χ3n) is 4.98. The minimum atomic E-state index is -0.270. The van der Waals surface area contributed by atoms with Crippen molar-refractivity contribution in [3.8, 4) is 0 Å². The summed E-state index contributed by atoms with van der Waals surface area (Å²) in [7, 11) is 3.52. The Balaban J connectivity index is 2.09. The molecule has 6 heteroatoms. The molecule has 1 aromatic carbocycles. The zero-order valence-corrected chi connectivity index (χ0v) is 16.2. The second-order valence-corrected chi connectivity index (χ2v) is 7.55. The number of carbonyl (C=O) groups excluding carboxylic acids is 2. The van der Waals surface area contributed by atoms with Crippen LogP contribution in [0.1, 0.15) is 32.3 Å². The molecule has 2 amide bonds. The number of carbonyl (C=O) groups is 2. The van der Waals surface area contributed by atoms with Crippen LogP contribution in [0.25, 0.3) is 0 Å². The van der Waals surface area contributed by atoms with Crippen molar-refractivity contribution >= 4 is 11.8 Å². The zero-order valence-electron chi connectivity index (χ0n) is 16.2. The molecule has 0 bridgehead atoms. The molecule has 0 aliphatic carbocycles. The molecule has 0 N–H and O–H groups in total. The minimum Gasteiger partial charge on any atom is -0.349 e. The Hall–Kier alpha value is -1.95. The summed E-state index contributed by atoms with van der Waals surface area (Å²) >= 11 is 0. The number of halogens is 1. The van der Waals surface area contributed by atoms with E-state index in [2.05, 4.69) is 18.7 Å². The normalized spacial score (nSPS) is 18.9. The molecule has 0 unspecified atom stereocenters. The van der Waals surface area contributed by atoms with Crippen molar-refractivity contribution in [1.29, 1.82) is 0 Å². The van der Waals surface area contributed by atoms with E-state index in [4.69, 9.17) is 0 Å². The molecule has 1 heterocycles. The predicted octanol–water partition coefficient (Wildman–Crippen LogP) is 2.36. The molecular formula is C20H30FN3O2. The number of rotatable bonds is 6. The highest BCUT2D eigenvalue weighted by molar-refractivity contribution is 5.77. The van der Waals surface area contributed by atoms with Gasteiger partial charge < -0.3 is 14.7 Å². The minimum absolute atomic E-state index is 0.0736. The van der Waals surface area contributed by atoms with E-state index in [1.165, 1.54) is 12.1 Å². The third kappa shape index (κ3) is 5.53. The summed E-state index contributed by atoms with van der Waals surface area (Å²) in [5.41, 5.74) is 0.932. The molecule has 0 aromatic heterocycles. The van der Waals surface area contributed by atoms with Crippen LogP contribution in [0.15, 0.2) is 24.3 Å². The van der Waals surface area contributed by atoms with Gasteiger partial charge in [-0.25, -0.2) is 4.39 Å². The smallest absolute Gasteiger partial charge is 0.224 e. The van der Waals surface area contributed by atoms with Crippen LogP contribution in [0.5, 0.6) is 0 Å². The quantitative estimate of drug-likeness (QED) is 0.779. The summed E-state index contributed by atoms with van der Waals surface area (Å²) in [4.78, 5) is 30.4. The van der Waals surface area contributed by atoms with Crippen molar-refractivity contribution < 1.29 is 14.0 Å². The first-order valence-electron chi connectivity index (χ1n) is 9.24. The van der Waals surface area contributed by atoms with E-state index in [0.29, 0.717) is 38.4 Å². The van der Waals surface area contributed by atoms with Crippen LogP contribution in [0.3, 0.4) is 0 Å². The van der Waals surface area contributed by atoms with E-state index in [0.717, 1.165) is 12.1 Å². The molecule has 5 nitrogen and oxygen atoms in total. The molecule has 144 valence electrons. The standard InChI is InChI=1S/C20H30FN3O2/c1-15(2)18-14-23(11-9-19(25)22(3)4)12-10-20(26)24(18)13-16-5-7-17(21)8-6-16/h5-8,15,18H,9-14H2,1-4H3/t18-/m1/s1. The fraction of sp³-hybridized carbons (Fsp3) is 0.600. The van der Waals surface area contributed by atoms with E-state index in [1.54, 1.807) is 31.1 Å². The molecule has 0 saturated carbocycles. The monoisotopic (exact) mass is 363 g/mol. The van der Waals surface area contributed by atoms with Gasteiger partial charge in [0.05, 0.1) is 0 Å². The van der Waals surface area contributed by atoms with Gasteiger partial charge in [0.15, 0.2) is 0 Å². The van der Waals surface area contributed by atoms with Crippen molar-refractivity contribution in [2.75, 3.05) is 33.7 Å². The highest BCUT2D eigenvalue weighted by atomic mass is 19.1. The van der Waals surface area contributed by atoms with Gasteiger partial charge in [0.1, 0.15) is 5.82 Å². The summed E-state index contributed by atoms with van der Waals surface area (Å²) in [5.74, 6) is 0.247. The van der Waals surface area contributed by atoms with Crippen molar-refractivity contribution in [3.63, 3.8) is 0 Å². The number of benzene rings is 1. The van der Waals surface area contributed by atoms with E-state index in [-0.39, 0.29) is 23.7 Å². The molecule has 1 atom stereocenters. The maximum Gasteiger partial charge on any atom is 0.224 e. The van der Waals surface area contributed by atoms with Crippen LogP contribution in [-0.2, 0) is 16.1 Å². The number of hydrogen-bond donors (Lipinski definition) is 0. The molecule has 0 radical (unpaired) electrons. The number of amides is 2. The van der Waals surface area contributed by atoms with Crippen LogP contribution < -0.4 is 0 Å². The Bertz CT molecular complexity index is 616. The second kappa shape index (κ2) is 9.12. The highest BCUT2D eigenvalue weighted by Gasteiger charge is 2.31. The lowest BCUT2D eigenvalue weighted by Gasteiger charge is -2.35. The first-order valence-corrected chi connectivity index (χ1v) is 9.24. The largest absolute Gasteiger partial charge is 0.349 e. The highest BCUT2D eigenvalue weighted by Crippen LogP contribution is 2.21. The summed E-state index contributed by atoms with van der Waals surface area (Å²) in [5, 5.41) is 0. The summed E-state index contributed by atoms with van der Waals surface area (Å²) in [6, 6.07) is 6.41. The SMILES string of the molecule is CC(C)[C@H]1CN(CCC(=O)N(C)C)CCC(=O)N1Cc1ccc(F)cc1. The Morgan fingerprint density at radius 2 is 1.92 bits per heavy atom. The Labute approximate surface area is 155 Å². The molecule has 1 aliphatic rings. The Kier molecular flexibility index (Phi) is 7.14. The Morgan fingerprint density at radius 1 is 1.27 bits per heavy atom. The van der Waals surface area contributed by atoms with Crippen molar-refractivity contribution in [1.82, 2.24) is 14.7 Å². The van der Waals surface area contributed by atoms with Crippen molar-refractivity contribution in [2.45, 2.75) is 39.3 Å². The fourth-order valence-corrected chi connectivity index (χ4v) is 3.28. The molecule has 1 fully saturated rings. The maximum absolute atomic E-state index is 13.2. The van der Waals surface area contributed by atoms with Gasteiger partial charge in [0, 0.05) is 59.2 Å². The summed E-state index contributed by atoms with van der Waals surface area (Å²) in [6.07, 6.45) is 0.907. The average molecular weight is 363 g/mol. The lowest BCUT2D eigenvalue weighted by Crippen LogP contribution is -2.46. The van der Waals surface area contributed by atoms with E-state index in [9.17, 15) is 14.0 Å². The fourth-order valence-electron chi connectivity index (χ4n) is 3.28. The molecule has 26 heavy (non-hydrogen) atoms. The lowest BCUT2D eigenvalue weighted by molar-refractivity contribution is -0.134. The number of nitrogens with zero attached hydrogens (tertiary/aromatic N) is 3. The molecule has 1 saturated heterocycles. The topological polar surface area (TPSA) is 43.9 Å². The second-order valence-electron chi connectivity index (χ2n) is 7.55. The first-order chi connectivity index (χ1) is 12.3. The molecule has 2 rings (SSSR count). The van der Waals surface area contributed by atoms with E-state index >= 15 is 0 Å². The lowest BCUT2D eigenvalue weighted by atomic mass is 10.0. The van der Waals surface area contributed by atoms with Crippen LogP contribution in [0, 0.1) is 11.7 Å². The summed E-state index contributed by atoms with van der Waals surface area (Å²) in [6.45, 7) is 6.81. The van der Waals surface area contributed by atoms with Gasteiger partial charge in [-0.05, 0) is 23.6 Å². The van der Waals surface area contributed by atoms with Gasteiger partial charge in [-0.15, -0.1) is 0 Å². The van der Waals surface area contributed by atoms with Gasteiger partial charge in [0.2, 0.25) is 11.8 Å². The van der Waals surface area contributed by atoms with Gasteiger partial charge in [-0.2, -0.15) is 0 Å². The van der Waals surface area contributed by atoms with Crippen LogP contribution in [-0.4, -0.2) is 66.3 Å². The van der Waals surface area contributed by atoms with Gasteiger partial charge in [-0.3, -0.25) is 9.59 Å². The molecule has 0 spiro atoms. The van der Waals surface area contributed by atoms with Crippen LogP contribution >= 0.6 is 0 Å². The zero-order chi connectivity index (χ0) is 19.3. The number of hydrogen-bond acceptors (Lipinski definition) is 3. The van der Waals surface area contributed by atoms with E-state index in [1.807, 2.05) is 4.90 Å². The molecule has 1 aliphatic heterocycles. The van der Waals surface area contributed by atoms with Crippen molar-refractivity contribution in [3.05, 3.63) is 35.6 Å². The van der Waals surface area contributed by atoms with Gasteiger partial charge in [0.25, 0.3) is 0 Å². The third-order valence-corrected chi connectivity index (χ3v) is 4.98. The van der Waals surface area contributed by atoms with Crippen molar-refractivity contribution in [2.24, 2.45) is 5.92 Å². The first kappa shape index (κ1) is 20.4. The Morgan fingerprint density at radius 3 is 2.50 bits per heavy atom. The molecular weight excluding hydrogens is 333 g/mol. The van der Waals surface area contributed by atoms with Crippen LogP contribution in [0.2, 0.25) is 0 Å². The average Bonchev–Trinajstić information content (AvgIpc) is 2.74. The van der Waals surface area contributed by atoms with E-state index < -0.39 is 0 Å². The predicted molar refractivity (Wildman–Crippen MR) is 99.9 cm³/mol. The molecule has 1 aromatic rings. The van der Waals surface area contributed by atoms with Crippen LogP contribution in [0.4, 0.5) is 4.39 Å². The van der Waals surface area contributed by atoms with Gasteiger partial charge >= 0.3 is 0 Å². The summed E-state index contributed by atoms with van der Waals surface area (Å²) < 4.78 is 13.2.